The molecule has 0 saturated heterocycles. The molecule has 0 fully saturated rings. The molecule has 0 N–H and O–H groups in total. The molecule has 0 unspecified atom stereocenters. The maximum absolute atomic E-state index is 13.4. The van der Waals surface area contributed by atoms with Gasteiger partial charge in [-0.15, -0.1) is 0 Å². The topological polar surface area (TPSA) is 55.2 Å². The van der Waals surface area contributed by atoms with Crippen LogP contribution in [0.4, 0.5) is 0 Å². The number of carbonyl (C=O) groups excluding carboxylic acids is 1. The lowest BCUT2D eigenvalue weighted by Crippen LogP contribution is -2.43. The van der Waals surface area contributed by atoms with Gasteiger partial charge in [-0.25, -0.2) is 4.98 Å². The monoisotopic (exact) mass is 443 g/mol. The predicted octanol–water partition coefficient (Wildman–Crippen LogP) is 5.09. The number of benzene rings is 2. The van der Waals surface area contributed by atoms with Crippen molar-refractivity contribution in [1.82, 2.24) is 14.5 Å². The van der Waals surface area contributed by atoms with Gasteiger partial charge in [0.2, 0.25) is 5.91 Å². The van der Waals surface area contributed by atoms with Gasteiger partial charge in [-0.1, -0.05) is 41.6 Å². The molecule has 2 aromatic carbocycles. The van der Waals surface area contributed by atoms with Crippen molar-refractivity contribution in [3.05, 3.63) is 63.4 Å². The first kappa shape index (κ1) is 22.4. The molecule has 0 radical (unpaired) electrons. The number of carbonyl (C=O) groups is 1. The summed E-state index contributed by atoms with van der Waals surface area (Å²) in [5.74, 6) is 0.211. The summed E-state index contributed by atoms with van der Waals surface area (Å²) in [6.07, 6.45) is 0. The van der Waals surface area contributed by atoms with E-state index in [1.807, 2.05) is 63.8 Å². The SMILES string of the molecule is Cc1ccccc1-n1c(SCC(=O)N(C(C)C)C(C)C)nc2cc(Cl)ccc2c1=O. The zero-order valence-corrected chi connectivity index (χ0v) is 19.4. The Morgan fingerprint density at radius 3 is 2.43 bits per heavy atom. The number of hydrogen-bond acceptors (Lipinski definition) is 4. The van der Waals surface area contributed by atoms with Gasteiger partial charge in [-0.05, 0) is 64.4 Å². The molecule has 0 aliphatic rings. The Bertz CT molecular complexity index is 1130. The molecule has 0 aliphatic carbocycles. The summed E-state index contributed by atoms with van der Waals surface area (Å²) in [5, 5.41) is 1.48. The van der Waals surface area contributed by atoms with E-state index in [9.17, 15) is 9.59 Å². The van der Waals surface area contributed by atoms with Crippen molar-refractivity contribution in [2.24, 2.45) is 0 Å². The normalized spacial score (nSPS) is 11.5. The zero-order chi connectivity index (χ0) is 22.0. The van der Waals surface area contributed by atoms with Crippen molar-refractivity contribution in [2.45, 2.75) is 51.9 Å². The van der Waals surface area contributed by atoms with Gasteiger partial charge in [-0.3, -0.25) is 14.2 Å². The average molecular weight is 444 g/mol. The first-order chi connectivity index (χ1) is 14.2. The lowest BCUT2D eigenvalue weighted by atomic mass is 10.2. The van der Waals surface area contributed by atoms with Crippen LogP contribution in [-0.4, -0.2) is 38.2 Å². The van der Waals surface area contributed by atoms with Crippen molar-refractivity contribution in [3.63, 3.8) is 0 Å². The van der Waals surface area contributed by atoms with Crippen LogP contribution in [0.25, 0.3) is 16.6 Å². The Labute approximate surface area is 186 Å². The minimum Gasteiger partial charge on any atom is -0.337 e. The van der Waals surface area contributed by atoms with Crippen LogP contribution in [0.5, 0.6) is 0 Å². The smallest absolute Gasteiger partial charge is 0.266 e. The quantitative estimate of drug-likeness (QED) is 0.393. The highest BCUT2D eigenvalue weighted by molar-refractivity contribution is 7.99. The number of fused-ring (bicyclic) bond motifs is 1. The van der Waals surface area contributed by atoms with E-state index in [0.717, 1.165) is 11.3 Å². The molecule has 1 amide bonds. The molecule has 3 rings (SSSR count). The number of amides is 1. The van der Waals surface area contributed by atoms with Crippen LogP contribution in [-0.2, 0) is 4.79 Å². The number of halogens is 1. The number of para-hydroxylation sites is 1. The van der Waals surface area contributed by atoms with Crippen molar-refractivity contribution in [2.75, 3.05) is 5.75 Å². The van der Waals surface area contributed by atoms with Crippen LogP contribution in [0.1, 0.15) is 33.3 Å². The molecule has 1 aromatic heterocycles. The van der Waals surface area contributed by atoms with E-state index in [-0.39, 0.29) is 29.3 Å². The van der Waals surface area contributed by atoms with Crippen molar-refractivity contribution < 1.29 is 4.79 Å². The highest BCUT2D eigenvalue weighted by atomic mass is 35.5. The Balaban J connectivity index is 2.10. The fourth-order valence-corrected chi connectivity index (χ4v) is 4.68. The molecular weight excluding hydrogens is 418 g/mol. The summed E-state index contributed by atoms with van der Waals surface area (Å²) in [4.78, 5) is 32.8. The standard InChI is InChI=1S/C23H26ClN3O2S/c1-14(2)26(15(3)4)21(28)13-30-23-25-19-12-17(24)10-11-18(19)22(29)27(23)20-9-7-6-8-16(20)5/h6-12,14-15H,13H2,1-5H3. The second-order valence-corrected chi connectivity index (χ2v) is 9.14. The highest BCUT2D eigenvalue weighted by Crippen LogP contribution is 2.25. The van der Waals surface area contributed by atoms with E-state index >= 15 is 0 Å². The molecule has 0 atom stereocenters. The molecule has 5 nitrogen and oxygen atoms in total. The lowest BCUT2D eigenvalue weighted by molar-refractivity contribution is -0.131. The molecule has 0 aliphatic heterocycles. The van der Waals surface area contributed by atoms with E-state index in [1.54, 1.807) is 22.8 Å². The summed E-state index contributed by atoms with van der Waals surface area (Å²) < 4.78 is 1.60. The molecule has 0 bridgehead atoms. The maximum atomic E-state index is 13.4. The maximum Gasteiger partial charge on any atom is 0.266 e. The predicted molar refractivity (Wildman–Crippen MR) is 125 cm³/mol. The van der Waals surface area contributed by atoms with Gasteiger partial charge in [0.05, 0.1) is 22.3 Å². The van der Waals surface area contributed by atoms with E-state index < -0.39 is 0 Å². The molecule has 3 aromatic rings. The van der Waals surface area contributed by atoms with Gasteiger partial charge >= 0.3 is 0 Å². The Kier molecular flexibility index (Phi) is 6.88. The Hall–Kier alpha value is -2.31. The Morgan fingerprint density at radius 1 is 1.13 bits per heavy atom. The van der Waals surface area contributed by atoms with Crippen LogP contribution in [0.2, 0.25) is 5.02 Å². The summed E-state index contributed by atoms with van der Waals surface area (Å²) in [7, 11) is 0. The highest BCUT2D eigenvalue weighted by Gasteiger charge is 2.22. The van der Waals surface area contributed by atoms with Crippen LogP contribution in [0.15, 0.2) is 52.4 Å². The number of nitrogens with zero attached hydrogens (tertiary/aromatic N) is 3. The third-order valence-electron chi connectivity index (χ3n) is 4.88. The summed E-state index contributed by atoms with van der Waals surface area (Å²) >= 11 is 7.40. The van der Waals surface area contributed by atoms with Gasteiger partial charge in [0.15, 0.2) is 5.16 Å². The molecular formula is C23H26ClN3O2S. The van der Waals surface area contributed by atoms with Gasteiger partial charge < -0.3 is 4.90 Å². The second kappa shape index (κ2) is 9.23. The summed E-state index contributed by atoms with van der Waals surface area (Å²) in [6.45, 7) is 9.96. The van der Waals surface area contributed by atoms with Crippen molar-refractivity contribution >= 4 is 40.2 Å². The number of thioether (sulfide) groups is 1. The largest absolute Gasteiger partial charge is 0.337 e. The number of aryl methyl sites for hydroxylation is 1. The van der Waals surface area contributed by atoms with E-state index in [2.05, 4.69) is 0 Å². The second-order valence-electron chi connectivity index (χ2n) is 7.76. The number of rotatable bonds is 6. The average Bonchev–Trinajstić information content (AvgIpc) is 2.66. The number of hydrogen-bond donors (Lipinski definition) is 0. The fraction of sp³-hybridized carbons (Fsp3) is 0.348. The van der Waals surface area contributed by atoms with Crippen molar-refractivity contribution in [1.29, 1.82) is 0 Å². The van der Waals surface area contributed by atoms with E-state index in [0.29, 0.717) is 21.1 Å². The Morgan fingerprint density at radius 2 is 1.80 bits per heavy atom. The first-order valence-electron chi connectivity index (χ1n) is 9.93. The lowest BCUT2D eigenvalue weighted by Gasteiger charge is -2.30. The third kappa shape index (κ3) is 4.55. The minimum atomic E-state index is -0.175. The molecule has 0 spiro atoms. The number of aromatic nitrogens is 2. The first-order valence-corrected chi connectivity index (χ1v) is 11.3. The molecule has 30 heavy (non-hydrogen) atoms. The third-order valence-corrected chi connectivity index (χ3v) is 6.04. The van der Waals surface area contributed by atoms with Crippen LogP contribution in [0, 0.1) is 6.92 Å². The van der Waals surface area contributed by atoms with Crippen LogP contribution < -0.4 is 5.56 Å². The van der Waals surface area contributed by atoms with Gasteiger partial charge in [0, 0.05) is 17.1 Å². The van der Waals surface area contributed by atoms with Crippen LogP contribution >= 0.6 is 23.4 Å². The van der Waals surface area contributed by atoms with Gasteiger partial charge in [0.25, 0.3) is 5.56 Å². The minimum absolute atomic E-state index is 0.0155. The van der Waals surface area contributed by atoms with Gasteiger partial charge in [0.1, 0.15) is 0 Å². The van der Waals surface area contributed by atoms with E-state index in [4.69, 9.17) is 16.6 Å². The summed E-state index contributed by atoms with van der Waals surface area (Å²) in [6, 6.07) is 12.9. The summed E-state index contributed by atoms with van der Waals surface area (Å²) in [5.41, 5.74) is 2.06. The molecule has 0 saturated carbocycles. The van der Waals surface area contributed by atoms with Crippen molar-refractivity contribution in [3.8, 4) is 5.69 Å². The molecule has 1 heterocycles. The van der Waals surface area contributed by atoms with Crippen LogP contribution in [0.3, 0.4) is 0 Å². The van der Waals surface area contributed by atoms with E-state index in [1.165, 1.54) is 11.8 Å². The van der Waals surface area contributed by atoms with Gasteiger partial charge in [-0.2, -0.15) is 0 Å². The molecule has 7 heteroatoms. The zero-order valence-electron chi connectivity index (χ0n) is 17.8. The fourth-order valence-electron chi connectivity index (χ4n) is 3.64. The molecule has 158 valence electrons.